The fourth-order valence-electron chi connectivity index (χ4n) is 2.97. The molecule has 0 spiro atoms. The quantitative estimate of drug-likeness (QED) is 0.767. The SMILES string of the molecule is CC1=C(c2ccccc2)C(=O)C(c2ccccc2C)=C1C. The van der Waals surface area contributed by atoms with E-state index < -0.39 is 0 Å². The highest BCUT2D eigenvalue weighted by atomic mass is 16.1. The number of ketones is 1. The highest BCUT2D eigenvalue weighted by Gasteiger charge is 2.30. The Morgan fingerprint density at radius 3 is 1.90 bits per heavy atom. The first-order chi connectivity index (χ1) is 10.1. The van der Waals surface area contributed by atoms with Crippen LogP contribution in [0.1, 0.15) is 30.5 Å². The lowest BCUT2D eigenvalue weighted by atomic mass is 9.94. The molecule has 1 nitrogen and oxygen atoms in total. The van der Waals surface area contributed by atoms with Crippen molar-refractivity contribution in [2.75, 3.05) is 0 Å². The van der Waals surface area contributed by atoms with E-state index >= 15 is 0 Å². The zero-order chi connectivity index (χ0) is 15.0. The predicted molar refractivity (Wildman–Crippen MR) is 87.8 cm³/mol. The Morgan fingerprint density at radius 1 is 0.667 bits per heavy atom. The Bertz CT molecular complexity index is 776. The lowest BCUT2D eigenvalue weighted by molar-refractivity contribution is -0.108. The summed E-state index contributed by atoms with van der Waals surface area (Å²) in [5.74, 6) is 0.144. The first-order valence-corrected chi connectivity index (χ1v) is 7.19. The van der Waals surface area contributed by atoms with Crippen molar-refractivity contribution in [1.82, 2.24) is 0 Å². The van der Waals surface area contributed by atoms with Crippen molar-refractivity contribution in [3.8, 4) is 0 Å². The van der Waals surface area contributed by atoms with Gasteiger partial charge in [-0.25, -0.2) is 0 Å². The first-order valence-electron chi connectivity index (χ1n) is 7.19. The molecule has 0 aromatic heterocycles. The molecule has 1 heteroatoms. The molecule has 2 aromatic rings. The largest absolute Gasteiger partial charge is 0.289 e. The molecule has 0 saturated carbocycles. The molecular weight excluding hydrogens is 256 g/mol. The molecule has 0 aliphatic heterocycles. The molecular formula is C20H18O. The van der Waals surface area contributed by atoms with Crippen molar-refractivity contribution in [2.45, 2.75) is 20.8 Å². The average Bonchev–Trinajstić information content (AvgIpc) is 2.71. The van der Waals surface area contributed by atoms with Crippen LogP contribution in [0.2, 0.25) is 0 Å². The van der Waals surface area contributed by atoms with Crippen molar-refractivity contribution < 1.29 is 4.79 Å². The Morgan fingerprint density at radius 2 is 1.24 bits per heavy atom. The number of benzene rings is 2. The van der Waals surface area contributed by atoms with Gasteiger partial charge in [-0.05, 0) is 48.6 Å². The van der Waals surface area contributed by atoms with E-state index in [1.807, 2.05) is 62.4 Å². The summed E-state index contributed by atoms with van der Waals surface area (Å²) in [6, 6.07) is 18.0. The van der Waals surface area contributed by atoms with Gasteiger partial charge in [0.15, 0.2) is 5.78 Å². The van der Waals surface area contributed by atoms with Crippen molar-refractivity contribution >= 4 is 16.9 Å². The van der Waals surface area contributed by atoms with Crippen LogP contribution >= 0.6 is 0 Å². The molecule has 0 fully saturated rings. The van der Waals surface area contributed by atoms with Gasteiger partial charge in [0, 0.05) is 11.1 Å². The van der Waals surface area contributed by atoms with E-state index in [0.717, 1.165) is 39.0 Å². The number of hydrogen-bond donors (Lipinski definition) is 0. The third-order valence-corrected chi connectivity index (χ3v) is 4.24. The van der Waals surface area contributed by atoms with E-state index in [2.05, 4.69) is 13.0 Å². The van der Waals surface area contributed by atoms with E-state index in [1.165, 1.54) is 0 Å². The van der Waals surface area contributed by atoms with Gasteiger partial charge in [-0.2, -0.15) is 0 Å². The van der Waals surface area contributed by atoms with Crippen molar-refractivity contribution in [2.24, 2.45) is 0 Å². The minimum atomic E-state index is 0.144. The Kier molecular flexibility index (Phi) is 3.34. The maximum Gasteiger partial charge on any atom is 0.194 e. The molecule has 1 aliphatic carbocycles. The first kappa shape index (κ1) is 13.6. The van der Waals surface area contributed by atoms with Gasteiger partial charge < -0.3 is 0 Å². The molecule has 0 atom stereocenters. The molecule has 104 valence electrons. The molecule has 0 amide bonds. The molecule has 2 aromatic carbocycles. The molecule has 21 heavy (non-hydrogen) atoms. The molecule has 3 rings (SSSR count). The van der Waals surface area contributed by atoms with Gasteiger partial charge in [0.2, 0.25) is 0 Å². The number of hydrogen-bond acceptors (Lipinski definition) is 1. The van der Waals surface area contributed by atoms with Crippen molar-refractivity contribution in [1.29, 1.82) is 0 Å². The second kappa shape index (κ2) is 5.17. The van der Waals surface area contributed by atoms with Gasteiger partial charge in [-0.15, -0.1) is 0 Å². The summed E-state index contributed by atoms with van der Waals surface area (Å²) >= 11 is 0. The number of allylic oxidation sites excluding steroid dienone is 4. The van der Waals surface area contributed by atoms with E-state index in [-0.39, 0.29) is 5.78 Å². The minimum absolute atomic E-state index is 0.144. The van der Waals surface area contributed by atoms with Crippen LogP contribution in [0.5, 0.6) is 0 Å². The highest BCUT2D eigenvalue weighted by molar-refractivity contribution is 6.46. The van der Waals surface area contributed by atoms with E-state index in [1.54, 1.807) is 0 Å². The normalized spacial score (nSPS) is 15.1. The highest BCUT2D eigenvalue weighted by Crippen LogP contribution is 2.40. The molecule has 1 aliphatic rings. The summed E-state index contributed by atoms with van der Waals surface area (Å²) in [7, 11) is 0. The van der Waals surface area contributed by atoms with Crippen LogP contribution in [0.3, 0.4) is 0 Å². The molecule has 0 radical (unpaired) electrons. The third-order valence-electron chi connectivity index (χ3n) is 4.24. The summed E-state index contributed by atoms with van der Waals surface area (Å²) < 4.78 is 0. The van der Waals surface area contributed by atoms with Gasteiger partial charge >= 0.3 is 0 Å². The number of Topliss-reactive ketones (excluding diaryl/α,β-unsaturated/α-hetero) is 1. The summed E-state index contributed by atoms with van der Waals surface area (Å²) in [5.41, 5.74) is 7.06. The van der Waals surface area contributed by atoms with Crippen LogP contribution in [0.15, 0.2) is 65.7 Å². The number of carbonyl (C=O) groups excluding carboxylic acids is 1. The van der Waals surface area contributed by atoms with Crippen LogP contribution in [-0.2, 0) is 4.79 Å². The molecule has 0 N–H and O–H groups in total. The van der Waals surface area contributed by atoms with Crippen LogP contribution in [0, 0.1) is 6.92 Å². The Labute approximate surface area is 125 Å². The smallest absolute Gasteiger partial charge is 0.194 e. The number of carbonyl (C=O) groups is 1. The maximum absolute atomic E-state index is 13.0. The van der Waals surface area contributed by atoms with Gasteiger partial charge in [-0.1, -0.05) is 54.6 Å². The van der Waals surface area contributed by atoms with E-state index in [4.69, 9.17) is 0 Å². The average molecular weight is 274 g/mol. The Hall–Kier alpha value is -2.41. The summed E-state index contributed by atoms with van der Waals surface area (Å²) in [6.07, 6.45) is 0. The zero-order valence-electron chi connectivity index (χ0n) is 12.6. The molecule has 0 heterocycles. The minimum Gasteiger partial charge on any atom is -0.289 e. The van der Waals surface area contributed by atoms with Crippen LogP contribution in [0.4, 0.5) is 0 Å². The third kappa shape index (κ3) is 2.15. The van der Waals surface area contributed by atoms with Crippen LogP contribution in [-0.4, -0.2) is 5.78 Å². The monoisotopic (exact) mass is 274 g/mol. The summed E-state index contributed by atoms with van der Waals surface area (Å²) in [5, 5.41) is 0. The maximum atomic E-state index is 13.0. The van der Waals surface area contributed by atoms with Gasteiger partial charge in [0.05, 0.1) is 0 Å². The lowest BCUT2D eigenvalue weighted by Crippen LogP contribution is -2.02. The van der Waals surface area contributed by atoms with Crippen LogP contribution < -0.4 is 0 Å². The number of rotatable bonds is 2. The van der Waals surface area contributed by atoms with E-state index in [0.29, 0.717) is 0 Å². The summed E-state index contributed by atoms with van der Waals surface area (Å²) in [6.45, 7) is 6.14. The fraction of sp³-hybridized carbons (Fsp3) is 0.150. The topological polar surface area (TPSA) is 17.1 Å². The van der Waals surface area contributed by atoms with E-state index in [9.17, 15) is 4.79 Å². The summed E-state index contributed by atoms with van der Waals surface area (Å²) in [4.78, 5) is 13.0. The predicted octanol–water partition coefficient (Wildman–Crippen LogP) is 4.82. The molecule has 0 unspecified atom stereocenters. The van der Waals surface area contributed by atoms with Crippen LogP contribution in [0.25, 0.3) is 11.1 Å². The number of aryl methyl sites for hydroxylation is 1. The zero-order valence-corrected chi connectivity index (χ0v) is 12.6. The van der Waals surface area contributed by atoms with Gasteiger partial charge in [0.25, 0.3) is 0 Å². The lowest BCUT2D eigenvalue weighted by Gasteiger charge is -2.08. The second-order valence-corrected chi connectivity index (χ2v) is 5.51. The van der Waals surface area contributed by atoms with Crippen molar-refractivity contribution in [3.63, 3.8) is 0 Å². The second-order valence-electron chi connectivity index (χ2n) is 5.51. The van der Waals surface area contributed by atoms with Gasteiger partial charge in [0.1, 0.15) is 0 Å². The molecule has 0 bridgehead atoms. The van der Waals surface area contributed by atoms with Crippen molar-refractivity contribution in [3.05, 3.63) is 82.4 Å². The fourth-order valence-corrected chi connectivity index (χ4v) is 2.97. The Balaban J connectivity index is 2.14. The standard InChI is InChI=1S/C20H18O/c1-13-9-7-8-12-17(13)19-15(3)14(2)18(20(19)21)16-10-5-4-6-11-16/h4-12H,1-3H3. The molecule has 0 saturated heterocycles. The van der Waals surface area contributed by atoms with Gasteiger partial charge in [-0.3, -0.25) is 4.79 Å².